The molecule has 0 heterocycles. The Balaban J connectivity index is 2.34. The summed E-state index contributed by atoms with van der Waals surface area (Å²) in [6.07, 6.45) is 0.181. The highest BCUT2D eigenvalue weighted by molar-refractivity contribution is 14.1. The Kier molecular flexibility index (Phi) is 5.34. The third-order valence-corrected chi connectivity index (χ3v) is 2.75. The Hall–Kier alpha value is -0.130. The number of hydrogen-bond donors (Lipinski definition) is 1. The van der Waals surface area contributed by atoms with Crippen LogP contribution in [0, 0.1) is 0 Å². The molecule has 1 aromatic carbocycles. The van der Waals surface area contributed by atoms with E-state index >= 15 is 0 Å². The number of benzene rings is 1. The lowest BCUT2D eigenvalue weighted by atomic mass is 10.2. The molecule has 0 radical (unpaired) electrons. The van der Waals surface area contributed by atoms with Crippen molar-refractivity contribution >= 4 is 22.6 Å². The van der Waals surface area contributed by atoms with Gasteiger partial charge in [0.1, 0.15) is 0 Å². The van der Waals surface area contributed by atoms with Crippen molar-refractivity contribution in [3.8, 4) is 0 Å². The van der Waals surface area contributed by atoms with E-state index < -0.39 is 0 Å². The molecule has 0 bridgehead atoms. The Morgan fingerprint density at radius 3 is 2.54 bits per heavy atom. The highest BCUT2D eigenvalue weighted by Crippen LogP contribution is 2.04. The van der Waals surface area contributed by atoms with Gasteiger partial charge in [-0.15, -0.1) is 0 Å². The van der Waals surface area contributed by atoms with E-state index in [4.69, 9.17) is 10.5 Å². The zero-order valence-corrected chi connectivity index (χ0v) is 9.61. The van der Waals surface area contributed by atoms with Crippen LogP contribution in [0.1, 0.15) is 5.56 Å². The quantitative estimate of drug-likeness (QED) is 0.665. The first-order valence-corrected chi connectivity index (χ1v) is 5.81. The highest BCUT2D eigenvalue weighted by Gasteiger charge is 2.03. The van der Waals surface area contributed by atoms with Crippen LogP contribution in [-0.2, 0) is 11.3 Å². The normalized spacial score (nSPS) is 12.8. The van der Waals surface area contributed by atoms with Crippen LogP contribution in [0.15, 0.2) is 30.3 Å². The molecule has 0 saturated carbocycles. The second-order valence-electron chi connectivity index (χ2n) is 2.81. The van der Waals surface area contributed by atoms with E-state index in [1.807, 2.05) is 18.2 Å². The molecule has 1 rings (SSSR count). The van der Waals surface area contributed by atoms with Crippen LogP contribution in [0.4, 0.5) is 0 Å². The van der Waals surface area contributed by atoms with Crippen molar-refractivity contribution in [3.05, 3.63) is 35.9 Å². The lowest BCUT2D eigenvalue weighted by Crippen LogP contribution is -2.24. The standard InChI is InChI=1S/C10H14INO/c11-6-10(7-12)13-8-9-4-2-1-3-5-9/h1-5,10H,6-8,12H2. The smallest absolute Gasteiger partial charge is 0.0791 e. The fourth-order valence-electron chi connectivity index (χ4n) is 0.964. The topological polar surface area (TPSA) is 35.2 Å². The molecule has 72 valence electrons. The van der Waals surface area contributed by atoms with Crippen molar-refractivity contribution in [1.82, 2.24) is 0 Å². The van der Waals surface area contributed by atoms with Crippen LogP contribution in [0.2, 0.25) is 0 Å². The van der Waals surface area contributed by atoms with Crippen molar-refractivity contribution in [2.75, 3.05) is 11.0 Å². The number of nitrogens with two attached hydrogens (primary N) is 1. The average Bonchev–Trinajstić information content (AvgIpc) is 2.21. The first-order chi connectivity index (χ1) is 6.36. The molecule has 1 atom stereocenters. The first kappa shape index (κ1) is 10.9. The van der Waals surface area contributed by atoms with Crippen LogP contribution in [0.25, 0.3) is 0 Å². The van der Waals surface area contributed by atoms with Gasteiger partial charge in [0.15, 0.2) is 0 Å². The first-order valence-electron chi connectivity index (χ1n) is 4.28. The van der Waals surface area contributed by atoms with E-state index in [9.17, 15) is 0 Å². The maximum absolute atomic E-state index is 5.59. The lowest BCUT2D eigenvalue weighted by molar-refractivity contribution is 0.0639. The minimum Gasteiger partial charge on any atom is -0.371 e. The molecule has 0 aliphatic carbocycles. The van der Waals surface area contributed by atoms with Crippen molar-refractivity contribution in [2.24, 2.45) is 5.73 Å². The predicted octanol–water partition coefficient (Wildman–Crippen LogP) is 1.97. The van der Waals surface area contributed by atoms with Gasteiger partial charge in [-0.1, -0.05) is 52.9 Å². The summed E-state index contributed by atoms with van der Waals surface area (Å²) in [5, 5.41) is 0. The van der Waals surface area contributed by atoms with Gasteiger partial charge in [-0.05, 0) is 5.56 Å². The molecule has 0 fully saturated rings. The van der Waals surface area contributed by atoms with Gasteiger partial charge in [0.2, 0.25) is 0 Å². The Labute approximate surface area is 92.6 Å². The van der Waals surface area contributed by atoms with Crippen molar-refractivity contribution < 1.29 is 4.74 Å². The molecule has 2 N–H and O–H groups in total. The molecule has 0 saturated heterocycles. The largest absolute Gasteiger partial charge is 0.371 e. The van der Waals surface area contributed by atoms with E-state index in [-0.39, 0.29) is 6.10 Å². The zero-order chi connectivity index (χ0) is 9.52. The maximum atomic E-state index is 5.59. The van der Waals surface area contributed by atoms with Crippen LogP contribution in [0.5, 0.6) is 0 Å². The van der Waals surface area contributed by atoms with Crippen molar-refractivity contribution in [3.63, 3.8) is 0 Å². The van der Waals surface area contributed by atoms with E-state index in [1.165, 1.54) is 5.56 Å². The molecule has 0 aromatic heterocycles. The highest BCUT2D eigenvalue weighted by atomic mass is 127. The van der Waals surface area contributed by atoms with E-state index in [2.05, 4.69) is 34.7 Å². The number of hydrogen-bond acceptors (Lipinski definition) is 2. The minimum atomic E-state index is 0.181. The van der Waals surface area contributed by atoms with E-state index in [0.717, 1.165) is 4.43 Å². The van der Waals surface area contributed by atoms with Crippen LogP contribution in [0.3, 0.4) is 0 Å². The number of halogens is 1. The third kappa shape index (κ3) is 4.06. The molecule has 2 nitrogen and oxygen atoms in total. The summed E-state index contributed by atoms with van der Waals surface area (Å²) in [5.41, 5.74) is 6.72. The van der Waals surface area contributed by atoms with Gasteiger partial charge in [0, 0.05) is 11.0 Å². The molecular formula is C10H14INO. The Bertz CT molecular complexity index is 224. The molecule has 1 aromatic rings. The second kappa shape index (κ2) is 6.34. The number of alkyl halides is 1. The lowest BCUT2D eigenvalue weighted by Gasteiger charge is -2.12. The summed E-state index contributed by atoms with van der Waals surface area (Å²) in [5.74, 6) is 0. The predicted molar refractivity (Wildman–Crippen MR) is 63.0 cm³/mol. The van der Waals surface area contributed by atoms with Gasteiger partial charge in [0.05, 0.1) is 12.7 Å². The van der Waals surface area contributed by atoms with Crippen molar-refractivity contribution in [1.29, 1.82) is 0 Å². The molecular weight excluding hydrogens is 277 g/mol. The molecule has 13 heavy (non-hydrogen) atoms. The molecule has 1 unspecified atom stereocenters. The third-order valence-electron chi connectivity index (χ3n) is 1.76. The maximum Gasteiger partial charge on any atom is 0.0791 e. The summed E-state index contributed by atoms with van der Waals surface area (Å²) in [6, 6.07) is 10.1. The van der Waals surface area contributed by atoms with Gasteiger partial charge in [-0.2, -0.15) is 0 Å². The monoisotopic (exact) mass is 291 g/mol. The van der Waals surface area contributed by atoms with E-state index in [0.29, 0.717) is 13.2 Å². The summed E-state index contributed by atoms with van der Waals surface area (Å²) >= 11 is 2.29. The van der Waals surface area contributed by atoms with Crippen molar-refractivity contribution in [2.45, 2.75) is 12.7 Å². The number of rotatable bonds is 5. The molecule has 0 amide bonds. The fourth-order valence-corrected chi connectivity index (χ4v) is 1.58. The summed E-state index contributed by atoms with van der Waals surface area (Å²) in [7, 11) is 0. The summed E-state index contributed by atoms with van der Waals surface area (Å²) in [6.45, 7) is 1.25. The average molecular weight is 291 g/mol. The zero-order valence-electron chi connectivity index (χ0n) is 7.45. The van der Waals surface area contributed by atoms with Gasteiger partial charge < -0.3 is 10.5 Å². The SMILES string of the molecule is NCC(CI)OCc1ccccc1. The Morgan fingerprint density at radius 1 is 1.31 bits per heavy atom. The molecule has 0 aliphatic rings. The Morgan fingerprint density at radius 2 is 2.00 bits per heavy atom. The second-order valence-corrected chi connectivity index (χ2v) is 3.69. The van der Waals surface area contributed by atoms with Crippen LogP contribution >= 0.6 is 22.6 Å². The molecule has 0 spiro atoms. The fraction of sp³-hybridized carbons (Fsp3) is 0.400. The van der Waals surface area contributed by atoms with E-state index in [1.54, 1.807) is 0 Å². The van der Waals surface area contributed by atoms with Gasteiger partial charge in [-0.25, -0.2) is 0 Å². The van der Waals surface area contributed by atoms with Crippen LogP contribution in [-0.4, -0.2) is 17.1 Å². The van der Waals surface area contributed by atoms with Gasteiger partial charge >= 0.3 is 0 Å². The minimum absolute atomic E-state index is 0.181. The summed E-state index contributed by atoms with van der Waals surface area (Å²) in [4.78, 5) is 0. The number of ether oxygens (including phenoxy) is 1. The molecule has 0 aliphatic heterocycles. The van der Waals surface area contributed by atoms with Crippen LogP contribution < -0.4 is 5.73 Å². The van der Waals surface area contributed by atoms with Gasteiger partial charge in [0.25, 0.3) is 0 Å². The summed E-state index contributed by atoms with van der Waals surface area (Å²) < 4.78 is 6.54. The van der Waals surface area contributed by atoms with Gasteiger partial charge in [-0.3, -0.25) is 0 Å². The molecule has 3 heteroatoms.